The fraction of sp³-hybridized carbons (Fsp3) is 0.600. The number of likely N-dealkylation sites (tertiary alicyclic amines) is 2. The van der Waals surface area contributed by atoms with E-state index < -0.39 is 0 Å². The lowest BCUT2D eigenvalue weighted by Crippen LogP contribution is -2.34. The van der Waals surface area contributed by atoms with Crippen LogP contribution in [-0.4, -0.2) is 48.2 Å². The molecule has 142 valence electrons. The van der Waals surface area contributed by atoms with Crippen LogP contribution in [0.2, 0.25) is 0 Å². The van der Waals surface area contributed by atoms with Crippen LogP contribution in [0.5, 0.6) is 11.5 Å². The summed E-state index contributed by atoms with van der Waals surface area (Å²) < 4.78 is 10.9. The second kappa shape index (κ2) is 9.46. The molecule has 2 aliphatic rings. The number of hydrogen-bond donors (Lipinski definition) is 0. The van der Waals surface area contributed by atoms with E-state index in [2.05, 4.69) is 0 Å². The molecular formula is C20H28N2O4. The molecule has 26 heavy (non-hydrogen) atoms. The molecule has 0 aromatic heterocycles. The minimum absolute atomic E-state index is 0.304. The minimum atomic E-state index is -0.304. The Kier molecular flexibility index (Phi) is 6.75. The molecule has 1 aromatic carbocycles. The third-order valence-electron chi connectivity index (χ3n) is 4.96. The highest BCUT2D eigenvalue weighted by Crippen LogP contribution is 2.20. The maximum absolute atomic E-state index is 12.2. The van der Waals surface area contributed by atoms with Crippen molar-refractivity contribution in [2.75, 3.05) is 26.2 Å². The molecule has 0 spiro atoms. The number of carbonyl (C=O) groups excluding carboxylic acids is 2. The van der Waals surface area contributed by atoms with Crippen LogP contribution in [-0.2, 0) is 0 Å². The first-order chi connectivity index (χ1) is 12.7. The summed E-state index contributed by atoms with van der Waals surface area (Å²) in [5.41, 5.74) is 0. The maximum Gasteiger partial charge on any atom is 0.415 e. The predicted molar refractivity (Wildman–Crippen MR) is 98.6 cm³/mol. The van der Waals surface area contributed by atoms with Crippen LogP contribution in [0, 0.1) is 0 Å². The summed E-state index contributed by atoms with van der Waals surface area (Å²) >= 11 is 0. The van der Waals surface area contributed by atoms with Gasteiger partial charge in [-0.2, -0.15) is 0 Å². The Hall–Kier alpha value is -2.24. The van der Waals surface area contributed by atoms with Gasteiger partial charge in [0.1, 0.15) is 11.5 Å². The van der Waals surface area contributed by atoms with Gasteiger partial charge in [0, 0.05) is 26.2 Å². The van der Waals surface area contributed by atoms with Crippen molar-refractivity contribution in [3.63, 3.8) is 0 Å². The molecule has 0 saturated carbocycles. The SMILES string of the molecule is O=C(Oc1ccc(OC(=O)N2CCCCCC2)cc1)N1CCCCCC1. The van der Waals surface area contributed by atoms with Crippen LogP contribution in [0.25, 0.3) is 0 Å². The van der Waals surface area contributed by atoms with Crippen molar-refractivity contribution in [2.45, 2.75) is 51.4 Å². The molecule has 0 radical (unpaired) electrons. The van der Waals surface area contributed by atoms with Crippen molar-refractivity contribution in [1.82, 2.24) is 9.80 Å². The number of ether oxygens (including phenoxy) is 2. The molecule has 6 heteroatoms. The lowest BCUT2D eigenvalue weighted by molar-refractivity contribution is 0.152. The number of amides is 2. The lowest BCUT2D eigenvalue weighted by atomic mass is 10.2. The first kappa shape index (κ1) is 18.5. The zero-order valence-corrected chi connectivity index (χ0v) is 15.3. The van der Waals surface area contributed by atoms with Gasteiger partial charge in [-0.15, -0.1) is 0 Å². The van der Waals surface area contributed by atoms with E-state index in [4.69, 9.17) is 9.47 Å². The third-order valence-corrected chi connectivity index (χ3v) is 4.96. The normalized spacial score (nSPS) is 18.6. The van der Waals surface area contributed by atoms with Crippen LogP contribution < -0.4 is 9.47 Å². The van der Waals surface area contributed by atoms with E-state index in [0.29, 0.717) is 11.5 Å². The molecule has 0 unspecified atom stereocenters. The van der Waals surface area contributed by atoms with E-state index in [-0.39, 0.29) is 12.2 Å². The van der Waals surface area contributed by atoms with E-state index in [1.54, 1.807) is 34.1 Å². The molecule has 0 N–H and O–H groups in total. The van der Waals surface area contributed by atoms with Crippen LogP contribution in [0.3, 0.4) is 0 Å². The van der Waals surface area contributed by atoms with Crippen LogP contribution in [0.15, 0.2) is 24.3 Å². The smallest absolute Gasteiger partial charge is 0.410 e. The van der Waals surface area contributed by atoms with E-state index >= 15 is 0 Å². The summed E-state index contributed by atoms with van der Waals surface area (Å²) in [7, 11) is 0. The molecule has 2 heterocycles. The predicted octanol–water partition coefficient (Wildman–Crippen LogP) is 4.44. The van der Waals surface area contributed by atoms with E-state index in [0.717, 1.165) is 51.9 Å². The lowest BCUT2D eigenvalue weighted by Gasteiger charge is -2.20. The quantitative estimate of drug-likeness (QED) is 0.782. The van der Waals surface area contributed by atoms with Gasteiger partial charge in [-0.1, -0.05) is 25.7 Å². The topological polar surface area (TPSA) is 59.1 Å². The molecule has 3 rings (SSSR count). The van der Waals surface area contributed by atoms with Crippen LogP contribution >= 0.6 is 0 Å². The average Bonchev–Trinajstić information content (AvgIpc) is 3.08. The largest absolute Gasteiger partial charge is 0.415 e. The second-order valence-electron chi connectivity index (χ2n) is 7.01. The molecule has 2 amide bonds. The van der Waals surface area contributed by atoms with Crippen molar-refractivity contribution < 1.29 is 19.1 Å². The first-order valence-electron chi connectivity index (χ1n) is 9.76. The Morgan fingerprint density at radius 1 is 0.577 bits per heavy atom. The second-order valence-corrected chi connectivity index (χ2v) is 7.01. The number of carbonyl (C=O) groups is 2. The molecule has 2 saturated heterocycles. The Morgan fingerprint density at radius 2 is 0.885 bits per heavy atom. The van der Waals surface area contributed by atoms with Gasteiger partial charge in [0.05, 0.1) is 0 Å². The van der Waals surface area contributed by atoms with Crippen LogP contribution in [0.4, 0.5) is 9.59 Å². The molecule has 2 fully saturated rings. The number of nitrogens with zero attached hydrogens (tertiary/aromatic N) is 2. The summed E-state index contributed by atoms with van der Waals surface area (Å²) in [5, 5.41) is 0. The number of benzene rings is 1. The van der Waals surface area contributed by atoms with Gasteiger partial charge in [0.2, 0.25) is 0 Å². The third kappa shape index (κ3) is 5.38. The van der Waals surface area contributed by atoms with Gasteiger partial charge in [-0.3, -0.25) is 0 Å². The fourth-order valence-electron chi connectivity index (χ4n) is 3.41. The Balaban J connectivity index is 1.51. The van der Waals surface area contributed by atoms with E-state index in [9.17, 15) is 9.59 Å². The van der Waals surface area contributed by atoms with Gasteiger partial charge in [-0.25, -0.2) is 9.59 Å². The maximum atomic E-state index is 12.2. The monoisotopic (exact) mass is 360 g/mol. The van der Waals surface area contributed by atoms with Crippen molar-refractivity contribution in [3.8, 4) is 11.5 Å². The standard InChI is InChI=1S/C20H28N2O4/c23-19(21-13-5-1-2-6-14-21)25-17-9-11-18(12-10-17)26-20(24)22-15-7-3-4-8-16-22/h9-12H,1-8,13-16H2. The Bertz CT molecular complexity index is 533. The highest BCUT2D eigenvalue weighted by molar-refractivity contribution is 5.72. The summed E-state index contributed by atoms with van der Waals surface area (Å²) in [5.74, 6) is 0.933. The molecule has 0 aliphatic carbocycles. The summed E-state index contributed by atoms with van der Waals surface area (Å²) in [4.78, 5) is 28.0. The highest BCUT2D eigenvalue weighted by atomic mass is 16.6. The van der Waals surface area contributed by atoms with Gasteiger partial charge in [-0.05, 0) is 49.9 Å². The molecular weight excluding hydrogens is 332 g/mol. The summed E-state index contributed by atoms with van der Waals surface area (Å²) in [6.07, 6.45) is 8.17. The highest BCUT2D eigenvalue weighted by Gasteiger charge is 2.19. The fourth-order valence-corrected chi connectivity index (χ4v) is 3.41. The van der Waals surface area contributed by atoms with Crippen molar-refractivity contribution >= 4 is 12.2 Å². The molecule has 0 bridgehead atoms. The van der Waals surface area contributed by atoms with Gasteiger partial charge < -0.3 is 19.3 Å². The van der Waals surface area contributed by atoms with Crippen molar-refractivity contribution in [3.05, 3.63) is 24.3 Å². The van der Waals surface area contributed by atoms with Gasteiger partial charge in [0.25, 0.3) is 0 Å². The van der Waals surface area contributed by atoms with Crippen molar-refractivity contribution in [2.24, 2.45) is 0 Å². The van der Waals surface area contributed by atoms with Crippen LogP contribution in [0.1, 0.15) is 51.4 Å². The van der Waals surface area contributed by atoms with E-state index in [1.165, 1.54) is 25.7 Å². The van der Waals surface area contributed by atoms with Gasteiger partial charge in [0.15, 0.2) is 0 Å². The Labute approximate surface area is 155 Å². The number of rotatable bonds is 2. The van der Waals surface area contributed by atoms with E-state index in [1.807, 2.05) is 0 Å². The zero-order valence-electron chi connectivity index (χ0n) is 15.3. The zero-order chi connectivity index (χ0) is 18.2. The Morgan fingerprint density at radius 3 is 1.19 bits per heavy atom. The molecule has 1 aromatic rings. The molecule has 0 atom stereocenters. The number of hydrogen-bond acceptors (Lipinski definition) is 4. The summed E-state index contributed by atoms with van der Waals surface area (Å²) in [6, 6.07) is 6.67. The minimum Gasteiger partial charge on any atom is -0.410 e. The van der Waals surface area contributed by atoms with Crippen molar-refractivity contribution in [1.29, 1.82) is 0 Å². The first-order valence-corrected chi connectivity index (χ1v) is 9.76. The average molecular weight is 360 g/mol. The summed E-state index contributed by atoms with van der Waals surface area (Å²) in [6.45, 7) is 3.02. The molecule has 6 nitrogen and oxygen atoms in total. The van der Waals surface area contributed by atoms with Gasteiger partial charge >= 0.3 is 12.2 Å². The molecule has 2 aliphatic heterocycles.